The molecular formula is C17H14FN3O4. The first-order valence-corrected chi connectivity index (χ1v) is 7.45. The highest BCUT2D eigenvalue weighted by Crippen LogP contribution is 2.31. The van der Waals surface area contributed by atoms with Crippen molar-refractivity contribution in [3.8, 4) is 0 Å². The van der Waals surface area contributed by atoms with E-state index < -0.39 is 28.2 Å². The lowest BCUT2D eigenvalue weighted by Gasteiger charge is -2.22. The number of non-ortho nitro benzene ring substituents is 1. The van der Waals surface area contributed by atoms with Crippen molar-refractivity contribution in [1.82, 2.24) is 10.2 Å². The number of imide groups is 1. The summed E-state index contributed by atoms with van der Waals surface area (Å²) in [7, 11) is 0. The fourth-order valence-corrected chi connectivity index (χ4v) is 2.80. The molecule has 3 rings (SSSR count). The van der Waals surface area contributed by atoms with Crippen LogP contribution in [-0.4, -0.2) is 21.8 Å². The van der Waals surface area contributed by atoms with E-state index in [0.29, 0.717) is 5.56 Å². The normalized spacial score (nSPS) is 19.8. The molecule has 1 atom stereocenters. The Kier molecular flexibility index (Phi) is 3.96. The summed E-state index contributed by atoms with van der Waals surface area (Å²) in [5.41, 5.74) is -0.952. The number of nitro benzene ring substituents is 1. The molecule has 1 aliphatic rings. The molecule has 1 heterocycles. The lowest BCUT2D eigenvalue weighted by Crippen LogP contribution is -2.41. The van der Waals surface area contributed by atoms with E-state index >= 15 is 0 Å². The molecule has 0 saturated carbocycles. The van der Waals surface area contributed by atoms with Gasteiger partial charge in [0, 0.05) is 17.7 Å². The molecule has 1 N–H and O–H groups in total. The lowest BCUT2D eigenvalue weighted by molar-refractivity contribution is -0.384. The van der Waals surface area contributed by atoms with Crippen molar-refractivity contribution < 1.29 is 18.9 Å². The predicted molar refractivity (Wildman–Crippen MR) is 85.9 cm³/mol. The van der Waals surface area contributed by atoms with Crippen LogP contribution in [-0.2, 0) is 16.9 Å². The first-order valence-electron chi connectivity index (χ1n) is 7.45. The van der Waals surface area contributed by atoms with E-state index in [-0.39, 0.29) is 17.8 Å². The number of rotatable bonds is 4. The minimum atomic E-state index is -1.50. The molecule has 7 nitrogen and oxygen atoms in total. The minimum absolute atomic E-state index is 0.0628. The molecule has 1 unspecified atom stereocenters. The maximum Gasteiger partial charge on any atom is 0.325 e. The fourth-order valence-electron chi connectivity index (χ4n) is 2.80. The van der Waals surface area contributed by atoms with Crippen molar-refractivity contribution in [2.45, 2.75) is 19.0 Å². The van der Waals surface area contributed by atoms with Crippen LogP contribution in [0.2, 0.25) is 0 Å². The maximum atomic E-state index is 14.1. The third-order valence-electron chi connectivity index (χ3n) is 4.18. The minimum Gasteiger partial charge on any atom is -0.319 e. The van der Waals surface area contributed by atoms with Gasteiger partial charge in [-0.15, -0.1) is 0 Å². The molecule has 3 amide bonds. The Morgan fingerprint density at radius 3 is 2.40 bits per heavy atom. The van der Waals surface area contributed by atoms with Gasteiger partial charge in [-0.25, -0.2) is 9.18 Å². The Morgan fingerprint density at radius 2 is 1.80 bits per heavy atom. The highest BCUT2D eigenvalue weighted by molar-refractivity contribution is 6.07. The number of amides is 3. The Hall–Kier alpha value is -3.29. The van der Waals surface area contributed by atoms with Crippen molar-refractivity contribution in [1.29, 1.82) is 0 Å². The van der Waals surface area contributed by atoms with Gasteiger partial charge in [-0.3, -0.25) is 19.8 Å². The molecule has 25 heavy (non-hydrogen) atoms. The fraction of sp³-hybridized carbons (Fsp3) is 0.176. The summed E-state index contributed by atoms with van der Waals surface area (Å²) >= 11 is 0. The van der Waals surface area contributed by atoms with E-state index in [1.54, 1.807) is 6.07 Å². The van der Waals surface area contributed by atoms with Crippen molar-refractivity contribution in [2.24, 2.45) is 0 Å². The van der Waals surface area contributed by atoms with Crippen molar-refractivity contribution >= 4 is 17.6 Å². The predicted octanol–water partition coefficient (Wildman–Crippen LogP) is 2.70. The number of nitrogens with zero attached hydrogens (tertiary/aromatic N) is 2. The molecule has 2 aromatic carbocycles. The number of carbonyl (C=O) groups excluding carboxylic acids is 2. The zero-order valence-corrected chi connectivity index (χ0v) is 13.2. The summed E-state index contributed by atoms with van der Waals surface area (Å²) in [5.74, 6) is -1.17. The molecule has 0 bridgehead atoms. The Morgan fingerprint density at radius 1 is 1.16 bits per heavy atom. The van der Waals surface area contributed by atoms with E-state index in [9.17, 15) is 24.1 Å². The molecule has 1 fully saturated rings. The van der Waals surface area contributed by atoms with Gasteiger partial charge < -0.3 is 5.32 Å². The molecule has 0 aromatic heterocycles. The number of benzene rings is 2. The van der Waals surface area contributed by atoms with Crippen molar-refractivity contribution in [3.05, 3.63) is 75.6 Å². The van der Waals surface area contributed by atoms with Gasteiger partial charge in [0.2, 0.25) is 0 Å². The lowest BCUT2D eigenvalue weighted by atomic mass is 9.91. The molecule has 8 heteroatoms. The monoisotopic (exact) mass is 343 g/mol. The average molecular weight is 343 g/mol. The second-order valence-corrected chi connectivity index (χ2v) is 5.85. The standard InChI is InChI=1S/C17H14FN3O4/c1-17(13-4-2-3-5-14(13)18)15(22)20(16(23)19-17)10-11-6-8-12(9-7-11)21(24)25/h2-9H,10H2,1H3,(H,19,23). The van der Waals surface area contributed by atoms with E-state index in [2.05, 4.69) is 5.32 Å². The Balaban J connectivity index is 1.87. The van der Waals surface area contributed by atoms with Crippen LogP contribution in [0.3, 0.4) is 0 Å². The second-order valence-electron chi connectivity index (χ2n) is 5.85. The van der Waals surface area contributed by atoms with Gasteiger partial charge in [-0.1, -0.05) is 30.3 Å². The molecule has 0 aliphatic carbocycles. The van der Waals surface area contributed by atoms with Gasteiger partial charge in [0.25, 0.3) is 11.6 Å². The number of hydrogen-bond donors (Lipinski definition) is 1. The zero-order valence-electron chi connectivity index (χ0n) is 13.2. The quantitative estimate of drug-likeness (QED) is 0.525. The van der Waals surface area contributed by atoms with Crippen molar-refractivity contribution in [2.75, 3.05) is 0 Å². The SMILES string of the molecule is CC1(c2ccccc2F)NC(=O)N(Cc2ccc([N+](=O)[O-])cc2)C1=O. The van der Waals surface area contributed by atoms with Crippen LogP contribution in [0.5, 0.6) is 0 Å². The van der Waals surface area contributed by atoms with E-state index in [0.717, 1.165) is 4.90 Å². The number of nitro groups is 1. The smallest absolute Gasteiger partial charge is 0.319 e. The Labute approximate surface area is 142 Å². The highest BCUT2D eigenvalue weighted by atomic mass is 19.1. The summed E-state index contributed by atoms with van der Waals surface area (Å²) in [6.07, 6.45) is 0. The number of urea groups is 1. The summed E-state index contributed by atoms with van der Waals surface area (Å²) in [6.45, 7) is 1.38. The Bertz CT molecular complexity index is 868. The van der Waals surface area contributed by atoms with Gasteiger partial charge in [-0.05, 0) is 18.6 Å². The molecular weight excluding hydrogens is 329 g/mol. The van der Waals surface area contributed by atoms with Gasteiger partial charge >= 0.3 is 6.03 Å². The highest BCUT2D eigenvalue weighted by Gasteiger charge is 2.50. The third-order valence-corrected chi connectivity index (χ3v) is 4.18. The second kappa shape index (κ2) is 5.97. The van der Waals surface area contributed by atoms with Crippen molar-refractivity contribution in [3.63, 3.8) is 0 Å². The summed E-state index contributed by atoms with van der Waals surface area (Å²) in [5, 5.41) is 13.2. The number of hydrogen-bond acceptors (Lipinski definition) is 4. The van der Waals surface area contributed by atoms with Gasteiger partial charge in [-0.2, -0.15) is 0 Å². The van der Waals surface area contributed by atoms with E-state index in [1.165, 1.54) is 49.4 Å². The number of halogens is 1. The first-order chi connectivity index (χ1) is 11.8. The molecule has 128 valence electrons. The van der Waals surface area contributed by atoms with Crippen LogP contribution in [0.4, 0.5) is 14.9 Å². The molecule has 0 spiro atoms. The van der Waals surface area contributed by atoms with Crippen LogP contribution in [0.25, 0.3) is 0 Å². The number of carbonyl (C=O) groups is 2. The summed E-state index contributed by atoms with van der Waals surface area (Å²) in [4.78, 5) is 36.1. The van der Waals surface area contributed by atoms with Crippen LogP contribution in [0.15, 0.2) is 48.5 Å². The maximum absolute atomic E-state index is 14.1. The summed E-state index contributed by atoms with van der Waals surface area (Å²) in [6, 6.07) is 10.6. The van der Waals surface area contributed by atoms with Crippen LogP contribution >= 0.6 is 0 Å². The molecule has 2 aromatic rings. The van der Waals surface area contributed by atoms with Crippen LogP contribution < -0.4 is 5.32 Å². The van der Waals surface area contributed by atoms with E-state index in [4.69, 9.17) is 0 Å². The zero-order chi connectivity index (χ0) is 18.2. The average Bonchev–Trinajstić information content (AvgIpc) is 2.80. The first kappa shape index (κ1) is 16.6. The number of nitrogens with one attached hydrogen (secondary N) is 1. The van der Waals surface area contributed by atoms with Crippen LogP contribution in [0, 0.1) is 15.9 Å². The molecule has 1 aliphatic heterocycles. The van der Waals surface area contributed by atoms with Crippen LogP contribution in [0.1, 0.15) is 18.1 Å². The topological polar surface area (TPSA) is 92.6 Å². The summed E-state index contributed by atoms with van der Waals surface area (Å²) < 4.78 is 14.1. The third kappa shape index (κ3) is 2.82. The van der Waals surface area contributed by atoms with Gasteiger partial charge in [0.1, 0.15) is 11.4 Å². The van der Waals surface area contributed by atoms with Gasteiger partial charge in [0.15, 0.2) is 0 Å². The van der Waals surface area contributed by atoms with E-state index in [1.807, 2.05) is 0 Å². The molecule has 1 saturated heterocycles. The largest absolute Gasteiger partial charge is 0.325 e. The molecule has 0 radical (unpaired) electrons. The van der Waals surface area contributed by atoms with Gasteiger partial charge in [0.05, 0.1) is 11.5 Å².